The summed E-state index contributed by atoms with van der Waals surface area (Å²) in [5.74, 6) is -0.243. The van der Waals surface area contributed by atoms with Gasteiger partial charge in [0.05, 0.1) is 0 Å². The monoisotopic (exact) mass is 460 g/mol. The minimum atomic E-state index is -0.519. The molecule has 5 heteroatoms. The molecule has 184 valence electrons. The number of hydrogen-bond donors (Lipinski definition) is 0. The summed E-state index contributed by atoms with van der Waals surface area (Å²) >= 11 is 5.62. The molecule has 0 aliphatic rings. The summed E-state index contributed by atoms with van der Waals surface area (Å²) in [4.78, 5) is 23.0. The molecule has 0 aromatic rings. The molecule has 0 aliphatic heterocycles. The predicted molar refractivity (Wildman–Crippen MR) is 130 cm³/mol. The fourth-order valence-electron chi connectivity index (χ4n) is 3.65. The van der Waals surface area contributed by atoms with Crippen molar-refractivity contribution in [2.24, 2.45) is 0 Å². The maximum Gasteiger partial charge on any atom is 0.307 e. The molecule has 0 N–H and O–H groups in total. The molecular formula is C26H49ClO4. The second kappa shape index (κ2) is 19.9. The Labute approximate surface area is 197 Å². The minimum absolute atomic E-state index is 0.0631. The van der Waals surface area contributed by atoms with Gasteiger partial charge in [0, 0.05) is 12.8 Å². The Bertz CT molecular complexity index is 443. The summed E-state index contributed by atoms with van der Waals surface area (Å²) in [5, 5.41) is 0. The Balaban J connectivity index is 3.19. The van der Waals surface area contributed by atoms with Gasteiger partial charge in [-0.25, -0.2) is 0 Å². The largest absolute Gasteiger partial charge is 0.460 e. The van der Waals surface area contributed by atoms with E-state index in [1.807, 2.05) is 20.8 Å². The third kappa shape index (κ3) is 25.4. The van der Waals surface area contributed by atoms with Crippen LogP contribution in [0, 0.1) is 0 Å². The smallest absolute Gasteiger partial charge is 0.307 e. The normalized spacial score (nSPS) is 12.5. The van der Waals surface area contributed by atoms with Crippen LogP contribution in [0.4, 0.5) is 0 Å². The molecule has 0 aromatic carbocycles. The van der Waals surface area contributed by atoms with E-state index in [1.165, 1.54) is 77.0 Å². The first kappa shape index (κ1) is 30.2. The molecule has 0 fully saturated rings. The molecule has 31 heavy (non-hydrogen) atoms. The molecule has 0 rings (SSSR count). The van der Waals surface area contributed by atoms with Gasteiger partial charge >= 0.3 is 11.9 Å². The number of hydrogen-bond acceptors (Lipinski definition) is 4. The Kier molecular flexibility index (Phi) is 19.4. The molecule has 0 radical (unpaired) electrons. The first-order valence-corrected chi connectivity index (χ1v) is 13.2. The van der Waals surface area contributed by atoms with E-state index in [2.05, 4.69) is 0 Å². The molecular weight excluding hydrogens is 412 g/mol. The highest BCUT2D eigenvalue weighted by atomic mass is 35.5. The summed E-state index contributed by atoms with van der Waals surface area (Å²) in [6.07, 6.45) is 20.9. The van der Waals surface area contributed by atoms with E-state index in [0.717, 1.165) is 25.7 Å². The molecule has 0 bridgehead atoms. The van der Waals surface area contributed by atoms with E-state index >= 15 is 0 Å². The SMILES string of the molecule is CC(Cl)OC(=O)CCCCCCCCCCCCCCCCCCC(=O)OC(C)(C)C. The highest BCUT2D eigenvalue weighted by molar-refractivity contribution is 6.19. The molecule has 0 aliphatic carbocycles. The van der Waals surface area contributed by atoms with Crippen LogP contribution in [0.3, 0.4) is 0 Å². The van der Waals surface area contributed by atoms with Crippen LogP contribution in [0.1, 0.15) is 143 Å². The van der Waals surface area contributed by atoms with Crippen LogP contribution in [0.25, 0.3) is 0 Å². The van der Waals surface area contributed by atoms with Crippen molar-refractivity contribution >= 4 is 23.5 Å². The topological polar surface area (TPSA) is 52.6 Å². The van der Waals surface area contributed by atoms with Crippen molar-refractivity contribution in [2.45, 2.75) is 154 Å². The third-order valence-corrected chi connectivity index (χ3v) is 5.31. The minimum Gasteiger partial charge on any atom is -0.460 e. The molecule has 1 atom stereocenters. The molecule has 0 saturated carbocycles. The number of alkyl halides is 1. The Morgan fingerprint density at radius 3 is 1.19 bits per heavy atom. The van der Waals surface area contributed by atoms with E-state index in [9.17, 15) is 9.59 Å². The van der Waals surface area contributed by atoms with Crippen molar-refractivity contribution < 1.29 is 19.1 Å². The van der Waals surface area contributed by atoms with Gasteiger partial charge in [-0.15, -0.1) is 0 Å². The van der Waals surface area contributed by atoms with Crippen molar-refractivity contribution in [1.82, 2.24) is 0 Å². The lowest BCUT2D eigenvalue weighted by Crippen LogP contribution is -2.23. The number of halogens is 1. The number of rotatable bonds is 20. The predicted octanol–water partition coefficient (Wildman–Crippen LogP) is 8.48. The van der Waals surface area contributed by atoms with E-state index in [0.29, 0.717) is 12.8 Å². The third-order valence-electron chi connectivity index (χ3n) is 5.23. The van der Waals surface area contributed by atoms with Gasteiger partial charge in [-0.1, -0.05) is 101 Å². The van der Waals surface area contributed by atoms with Crippen LogP contribution < -0.4 is 0 Å². The summed E-state index contributed by atoms with van der Waals surface area (Å²) in [7, 11) is 0. The van der Waals surface area contributed by atoms with E-state index < -0.39 is 5.56 Å². The quantitative estimate of drug-likeness (QED) is 0.104. The molecule has 0 amide bonds. The number of unbranched alkanes of at least 4 members (excludes halogenated alkanes) is 15. The number of carbonyl (C=O) groups excluding carboxylic acids is 2. The standard InChI is InChI=1S/C26H49ClO4/c1-23(27)30-24(28)21-19-17-15-13-11-9-7-5-6-8-10-12-14-16-18-20-22-25(29)31-26(2,3)4/h23H,5-22H2,1-4H3. The zero-order chi connectivity index (χ0) is 23.4. The van der Waals surface area contributed by atoms with Gasteiger partial charge in [-0.05, 0) is 40.5 Å². The summed E-state index contributed by atoms with van der Waals surface area (Å²) < 4.78 is 10.2. The van der Waals surface area contributed by atoms with Gasteiger partial charge in [-0.3, -0.25) is 9.59 Å². The maximum absolute atomic E-state index is 11.6. The Morgan fingerprint density at radius 2 is 0.903 bits per heavy atom. The number of carbonyl (C=O) groups is 2. The zero-order valence-corrected chi connectivity index (χ0v) is 21.6. The van der Waals surface area contributed by atoms with Gasteiger partial charge in [0.1, 0.15) is 5.60 Å². The van der Waals surface area contributed by atoms with E-state index in [-0.39, 0.29) is 17.5 Å². The van der Waals surface area contributed by atoms with Crippen LogP contribution in [-0.4, -0.2) is 23.1 Å². The van der Waals surface area contributed by atoms with Gasteiger partial charge in [0.2, 0.25) is 0 Å². The lowest BCUT2D eigenvalue weighted by atomic mass is 10.0. The molecule has 4 nitrogen and oxygen atoms in total. The Morgan fingerprint density at radius 1 is 0.613 bits per heavy atom. The van der Waals surface area contributed by atoms with Crippen LogP contribution in [0.2, 0.25) is 0 Å². The van der Waals surface area contributed by atoms with E-state index in [4.69, 9.17) is 21.1 Å². The zero-order valence-electron chi connectivity index (χ0n) is 20.8. The van der Waals surface area contributed by atoms with Crippen molar-refractivity contribution in [3.05, 3.63) is 0 Å². The average molecular weight is 461 g/mol. The first-order chi connectivity index (χ1) is 14.7. The van der Waals surface area contributed by atoms with E-state index in [1.54, 1.807) is 6.92 Å². The van der Waals surface area contributed by atoms with Crippen LogP contribution in [0.5, 0.6) is 0 Å². The van der Waals surface area contributed by atoms with Gasteiger partial charge in [0.15, 0.2) is 5.56 Å². The van der Waals surface area contributed by atoms with Gasteiger partial charge in [-0.2, -0.15) is 0 Å². The van der Waals surface area contributed by atoms with Crippen molar-refractivity contribution in [2.75, 3.05) is 0 Å². The highest BCUT2D eigenvalue weighted by Crippen LogP contribution is 2.15. The molecule has 0 saturated heterocycles. The second-order valence-corrected chi connectivity index (χ2v) is 10.4. The molecule has 0 spiro atoms. The van der Waals surface area contributed by atoms with Gasteiger partial charge in [0.25, 0.3) is 0 Å². The molecule has 1 unspecified atom stereocenters. The van der Waals surface area contributed by atoms with Crippen LogP contribution in [0.15, 0.2) is 0 Å². The van der Waals surface area contributed by atoms with Crippen molar-refractivity contribution in [1.29, 1.82) is 0 Å². The van der Waals surface area contributed by atoms with Crippen LogP contribution in [-0.2, 0) is 19.1 Å². The fourth-order valence-corrected chi connectivity index (χ4v) is 3.75. The van der Waals surface area contributed by atoms with Crippen molar-refractivity contribution in [3.63, 3.8) is 0 Å². The average Bonchev–Trinajstić information content (AvgIpc) is 2.65. The molecule has 0 aromatic heterocycles. The molecule has 0 heterocycles. The second-order valence-electron chi connectivity index (χ2n) is 9.78. The summed E-state index contributed by atoms with van der Waals surface area (Å²) in [5.41, 5.74) is -0.881. The summed E-state index contributed by atoms with van der Waals surface area (Å²) in [6.45, 7) is 7.42. The van der Waals surface area contributed by atoms with Gasteiger partial charge < -0.3 is 9.47 Å². The number of ether oxygens (including phenoxy) is 2. The maximum atomic E-state index is 11.6. The fraction of sp³-hybridized carbons (Fsp3) is 0.923. The highest BCUT2D eigenvalue weighted by Gasteiger charge is 2.15. The summed E-state index contributed by atoms with van der Waals surface area (Å²) in [6, 6.07) is 0. The lowest BCUT2D eigenvalue weighted by molar-refractivity contribution is -0.155. The number of esters is 2. The Hall–Kier alpha value is -0.770. The van der Waals surface area contributed by atoms with Crippen molar-refractivity contribution in [3.8, 4) is 0 Å². The lowest BCUT2D eigenvalue weighted by Gasteiger charge is -2.19. The first-order valence-electron chi connectivity index (χ1n) is 12.8. The van der Waals surface area contributed by atoms with Crippen LogP contribution >= 0.6 is 11.6 Å².